The van der Waals surface area contributed by atoms with Crippen LogP contribution in [0.1, 0.15) is 41.6 Å². The largest absolute Gasteiger partial charge is 0.368 e. The number of carbonyl (C=O) groups is 1. The molecule has 3 atom stereocenters. The van der Waals surface area contributed by atoms with Gasteiger partial charge in [0.05, 0.1) is 17.1 Å². The Kier molecular flexibility index (Phi) is 6.02. The number of benzene rings is 2. The Balaban J connectivity index is 1.23. The fraction of sp³-hybridized carbons (Fsp3) is 0.308. The summed E-state index contributed by atoms with van der Waals surface area (Å²) in [7, 11) is 0. The normalized spacial score (nSPS) is 22.4. The minimum absolute atomic E-state index is 0.0369. The van der Waals surface area contributed by atoms with Crippen molar-refractivity contribution in [3.63, 3.8) is 0 Å². The van der Waals surface area contributed by atoms with E-state index in [-0.39, 0.29) is 17.7 Å². The number of ketones is 1. The van der Waals surface area contributed by atoms with Crippen molar-refractivity contribution < 1.29 is 23.8 Å². The predicted octanol–water partition coefficient (Wildman–Crippen LogP) is 4.57. The van der Waals surface area contributed by atoms with Crippen LogP contribution in [0.15, 0.2) is 54.6 Å². The first-order valence-corrected chi connectivity index (χ1v) is 11.4. The number of Topliss-reactive ketones (excluding diaryl/α,β-unsaturated/α-hetero) is 1. The monoisotopic (exact) mass is 465 g/mol. The van der Waals surface area contributed by atoms with Gasteiger partial charge in [0.15, 0.2) is 23.7 Å². The average molecular weight is 466 g/mol. The van der Waals surface area contributed by atoms with Crippen LogP contribution >= 0.6 is 0 Å². The molecular weight excluding hydrogens is 440 g/mol. The Bertz CT molecular complexity index is 1240. The number of hydrogen-bond acceptors (Lipinski definition) is 5. The first-order chi connectivity index (χ1) is 16.4. The number of rotatable bonds is 6. The van der Waals surface area contributed by atoms with Gasteiger partial charge < -0.3 is 20.5 Å². The maximum absolute atomic E-state index is 13.4. The highest BCUT2D eigenvalue weighted by Crippen LogP contribution is 2.36. The number of aliphatic hydroxyl groups excluding tert-OH is 1. The van der Waals surface area contributed by atoms with Gasteiger partial charge in [-0.25, -0.2) is 13.8 Å². The van der Waals surface area contributed by atoms with Crippen LogP contribution < -0.4 is 5.32 Å². The van der Waals surface area contributed by atoms with Crippen LogP contribution in [0.25, 0.3) is 16.6 Å². The van der Waals surface area contributed by atoms with Gasteiger partial charge in [-0.15, -0.1) is 0 Å². The lowest BCUT2D eigenvalue weighted by atomic mass is 9.87. The number of H-pyrrole nitrogens is 1. The summed E-state index contributed by atoms with van der Waals surface area (Å²) in [4.78, 5) is 20.1. The molecule has 0 radical (unpaired) electrons. The minimum atomic E-state index is -1.46. The van der Waals surface area contributed by atoms with E-state index in [9.17, 15) is 23.8 Å². The van der Waals surface area contributed by atoms with Crippen molar-refractivity contribution in [2.45, 2.75) is 38.0 Å². The Morgan fingerprint density at radius 1 is 1.12 bits per heavy atom. The fourth-order valence-corrected chi connectivity index (χ4v) is 4.90. The van der Waals surface area contributed by atoms with Crippen molar-refractivity contribution in [3.8, 4) is 0 Å². The van der Waals surface area contributed by atoms with E-state index in [0.29, 0.717) is 41.8 Å². The zero-order valence-corrected chi connectivity index (χ0v) is 18.3. The molecule has 0 aliphatic heterocycles. The molecule has 6 nitrogen and oxygen atoms in total. The van der Waals surface area contributed by atoms with Crippen molar-refractivity contribution in [2.24, 2.45) is 11.8 Å². The van der Waals surface area contributed by atoms with Gasteiger partial charge in [0.2, 0.25) is 5.95 Å². The third-order valence-corrected chi connectivity index (χ3v) is 6.74. The zero-order chi connectivity index (χ0) is 23.8. The number of imidazole rings is 1. The predicted molar refractivity (Wildman–Crippen MR) is 125 cm³/mol. The van der Waals surface area contributed by atoms with Crippen molar-refractivity contribution in [1.82, 2.24) is 9.97 Å². The summed E-state index contributed by atoms with van der Waals surface area (Å²) in [6.45, 7) is 0. The van der Waals surface area contributed by atoms with Crippen LogP contribution in [0, 0.1) is 23.5 Å². The maximum Gasteiger partial charge on any atom is 0.201 e. The van der Waals surface area contributed by atoms with Crippen molar-refractivity contribution in [3.05, 3.63) is 77.4 Å². The Morgan fingerprint density at radius 3 is 2.59 bits per heavy atom. The molecule has 2 aromatic carbocycles. The van der Waals surface area contributed by atoms with Gasteiger partial charge in [-0.1, -0.05) is 48.9 Å². The average Bonchev–Trinajstić information content (AvgIpc) is 3.47. The van der Waals surface area contributed by atoms with E-state index < -0.39 is 23.8 Å². The smallest absolute Gasteiger partial charge is 0.201 e. The van der Waals surface area contributed by atoms with E-state index in [1.54, 1.807) is 12.1 Å². The van der Waals surface area contributed by atoms with E-state index in [1.807, 2.05) is 24.3 Å². The van der Waals surface area contributed by atoms with Gasteiger partial charge in [-0.05, 0) is 30.4 Å². The molecule has 2 aliphatic carbocycles. The van der Waals surface area contributed by atoms with Crippen LogP contribution in [0.4, 0.5) is 14.7 Å². The number of carbonyl (C=O) groups excluding carboxylic acids is 1. The number of halogens is 2. The summed E-state index contributed by atoms with van der Waals surface area (Å²) < 4.78 is 26.8. The Morgan fingerprint density at radius 2 is 1.88 bits per heavy atom. The second-order valence-corrected chi connectivity index (χ2v) is 8.93. The number of aromatic amines is 1. The highest BCUT2D eigenvalue weighted by Gasteiger charge is 2.37. The molecule has 1 unspecified atom stereocenters. The van der Waals surface area contributed by atoms with Crippen LogP contribution in [0.5, 0.6) is 0 Å². The molecule has 0 spiro atoms. The number of aromatic nitrogens is 2. The molecular formula is C26H25F2N3O3. The van der Waals surface area contributed by atoms with Gasteiger partial charge in [0.25, 0.3) is 0 Å². The van der Waals surface area contributed by atoms with Gasteiger partial charge in [0, 0.05) is 29.5 Å². The first kappa shape index (κ1) is 22.4. The van der Waals surface area contributed by atoms with E-state index in [4.69, 9.17) is 0 Å². The molecule has 8 heteroatoms. The standard InChI is InChI=1S/C26H25F2N3O3/c27-20-12-22-23(13-21(20)28)31-26(30-22)29-17-10-8-15(9-11-17)14-4-6-16(7-5-14)24(32)18-2-1-3-19(18)25(33)34/h4-10,12-13,17-19,25,33-34H,1-3,11H2,(H2,29,30,31)/t17?,18-,19-/m1/s1. The van der Waals surface area contributed by atoms with Crippen LogP contribution in [0.3, 0.4) is 0 Å². The molecule has 176 valence electrons. The number of nitrogens with one attached hydrogen (secondary N) is 2. The third-order valence-electron chi connectivity index (χ3n) is 6.74. The second kappa shape index (κ2) is 9.12. The number of fused-ring (bicyclic) bond motifs is 1. The summed E-state index contributed by atoms with van der Waals surface area (Å²) in [5.41, 5.74) is 3.36. The lowest BCUT2D eigenvalue weighted by Gasteiger charge is -2.20. The highest BCUT2D eigenvalue weighted by molar-refractivity contribution is 5.98. The van der Waals surface area contributed by atoms with E-state index in [0.717, 1.165) is 29.7 Å². The Labute approximate surface area is 195 Å². The molecule has 2 aliphatic rings. The maximum atomic E-state index is 13.4. The van der Waals surface area contributed by atoms with E-state index in [1.165, 1.54) is 0 Å². The molecule has 0 bridgehead atoms. The number of hydrogen-bond donors (Lipinski definition) is 4. The summed E-state index contributed by atoms with van der Waals surface area (Å²) in [6.07, 6.45) is 7.43. The van der Waals surface area contributed by atoms with Crippen molar-refractivity contribution in [2.75, 3.05) is 5.32 Å². The van der Waals surface area contributed by atoms with Crippen molar-refractivity contribution in [1.29, 1.82) is 0 Å². The van der Waals surface area contributed by atoms with Crippen molar-refractivity contribution >= 4 is 28.3 Å². The molecule has 0 saturated heterocycles. The van der Waals surface area contributed by atoms with Gasteiger partial charge in [0.1, 0.15) is 0 Å². The lowest BCUT2D eigenvalue weighted by Crippen LogP contribution is -2.28. The topological polar surface area (TPSA) is 98.2 Å². The van der Waals surface area contributed by atoms with Crippen LogP contribution in [-0.2, 0) is 0 Å². The first-order valence-electron chi connectivity index (χ1n) is 11.4. The number of aliphatic hydroxyl groups is 2. The van der Waals surface area contributed by atoms with Crippen LogP contribution in [-0.4, -0.2) is 38.3 Å². The number of nitrogens with zero attached hydrogens (tertiary/aromatic N) is 1. The zero-order valence-electron chi connectivity index (χ0n) is 18.3. The fourth-order valence-electron chi connectivity index (χ4n) is 4.90. The molecule has 1 heterocycles. The molecule has 5 rings (SSSR count). The molecule has 3 aromatic rings. The highest BCUT2D eigenvalue weighted by atomic mass is 19.2. The van der Waals surface area contributed by atoms with E-state index in [2.05, 4.69) is 21.4 Å². The van der Waals surface area contributed by atoms with Gasteiger partial charge in [-0.3, -0.25) is 4.79 Å². The molecule has 0 amide bonds. The molecule has 4 N–H and O–H groups in total. The van der Waals surface area contributed by atoms with Crippen LogP contribution in [0.2, 0.25) is 0 Å². The number of anilines is 1. The SMILES string of the molecule is O=C(c1ccc(C2=CCC(Nc3nc4cc(F)c(F)cc4[nH]3)C=C2)cc1)[C@@H]1CCC[C@H]1C(O)O. The summed E-state index contributed by atoms with van der Waals surface area (Å²) >= 11 is 0. The quantitative estimate of drug-likeness (QED) is 0.316. The summed E-state index contributed by atoms with van der Waals surface area (Å²) in [6, 6.07) is 9.51. The van der Waals surface area contributed by atoms with E-state index >= 15 is 0 Å². The van der Waals surface area contributed by atoms with Gasteiger partial charge >= 0.3 is 0 Å². The lowest BCUT2D eigenvalue weighted by molar-refractivity contribution is -0.0900. The number of allylic oxidation sites excluding steroid dienone is 2. The third kappa shape index (κ3) is 4.38. The molecule has 34 heavy (non-hydrogen) atoms. The molecule has 1 aromatic heterocycles. The second-order valence-electron chi connectivity index (χ2n) is 8.93. The minimum Gasteiger partial charge on any atom is -0.368 e. The summed E-state index contributed by atoms with van der Waals surface area (Å²) in [5.74, 6) is -2.20. The Hall–Kier alpha value is -3.36. The van der Waals surface area contributed by atoms with Gasteiger partial charge in [-0.2, -0.15) is 0 Å². The molecule has 1 fully saturated rings. The molecule has 1 saturated carbocycles. The summed E-state index contributed by atoms with van der Waals surface area (Å²) in [5, 5.41) is 22.3.